The Morgan fingerprint density at radius 1 is 1.33 bits per heavy atom. The molecule has 0 amide bonds. The molecule has 18 heavy (non-hydrogen) atoms. The van der Waals surface area contributed by atoms with Gasteiger partial charge >= 0.3 is 5.97 Å². The van der Waals surface area contributed by atoms with E-state index >= 15 is 0 Å². The van der Waals surface area contributed by atoms with Crippen molar-refractivity contribution in [3.8, 4) is 0 Å². The third-order valence-corrected chi connectivity index (χ3v) is 3.56. The minimum Gasteiger partial charge on any atom is -0.481 e. The van der Waals surface area contributed by atoms with E-state index in [1.807, 2.05) is 24.3 Å². The predicted molar refractivity (Wildman–Crippen MR) is 73.0 cm³/mol. The van der Waals surface area contributed by atoms with Gasteiger partial charge in [0.15, 0.2) is 0 Å². The standard InChI is InChI=1S/C13H13NO3S/c15-12-7-9(8-18-6-5-13(16)17)10-3-1-2-4-11(10)14-12/h1-4,7H,5-6,8H2,(H,14,15)(H,16,17). The van der Waals surface area contributed by atoms with Gasteiger partial charge in [-0.1, -0.05) is 18.2 Å². The summed E-state index contributed by atoms with van der Waals surface area (Å²) in [5.41, 5.74) is 1.64. The van der Waals surface area contributed by atoms with Crippen LogP contribution in [0.5, 0.6) is 0 Å². The maximum atomic E-state index is 11.5. The van der Waals surface area contributed by atoms with Crippen LogP contribution in [-0.2, 0) is 10.5 Å². The average Bonchev–Trinajstić information content (AvgIpc) is 2.34. The highest BCUT2D eigenvalue weighted by Crippen LogP contribution is 2.20. The number of nitrogens with one attached hydrogen (secondary N) is 1. The minimum absolute atomic E-state index is 0.123. The van der Waals surface area contributed by atoms with E-state index in [4.69, 9.17) is 5.11 Å². The number of rotatable bonds is 5. The van der Waals surface area contributed by atoms with Crippen LogP contribution in [0.25, 0.3) is 10.9 Å². The highest BCUT2D eigenvalue weighted by Gasteiger charge is 2.04. The number of carboxylic acids is 1. The van der Waals surface area contributed by atoms with Crippen molar-refractivity contribution in [3.05, 3.63) is 46.2 Å². The molecule has 5 heteroatoms. The second-order valence-electron chi connectivity index (χ2n) is 3.90. The molecule has 0 atom stereocenters. The molecule has 0 radical (unpaired) electrons. The first-order valence-corrected chi connectivity index (χ1v) is 6.73. The van der Waals surface area contributed by atoms with E-state index in [2.05, 4.69) is 4.98 Å². The van der Waals surface area contributed by atoms with Gasteiger partial charge in [0.1, 0.15) is 0 Å². The van der Waals surface area contributed by atoms with E-state index in [1.54, 1.807) is 6.07 Å². The Kier molecular flexibility index (Phi) is 4.04. The number of para-hydroxylation sites is 1. The number of hydrogen-bond acceptors (Lipinski definition) is 3. The summed E-state index contributed by atoms with van der Waals surface area (Å²) in [5.74, 6) is 0.409. The van der Waals surface area contributed by atoms with Crippen molar-refractivity contribution in [3.63, 3.8) is 0 Å². The molecule has 1 heterocycles. The highest BCUT2D eigenvalue weighted by molar-refractivity contribution is 7.98. The molecular weight excluding hydrogens is 250 g/mol. The van der Waals surface area contributed by atoms with E-state index in [0.717, 1.165) is 16.5 Å². The molecule has 2 aromatic rings. The van der Waals surface area contributed by atoms with Gasteiger partial charge in [-0.05, 0) is 11.6 Å². The van der Waals surface area contributed by atoms with Crippen molar-refractivity contribution in [2.45, 2.75) is 12.2 Å². The third-order valence-electron chi connectivity index (χ3n) is 2.55. The summed E-state index contributed by atoms with van der Waals surface area (Å²) >= 11 is 1.52. The molecule has 94 valence electrons. The summed E-state index contributed by atoms with van der Waals surface area (Å²) in [4.78, 5) is 24.7. The van der Waals surface area contributed by atoms with Crippen LogP contribution in [0.2, 0.25) is 0 Å². The zero-order valence-electron chi connectivity index (χ0n) is 9.68. The monoisotopic (exact) mass is 263 g/mol. The van der Waals surface area contributed by atoms with Gasteiger partial charge in [0.05, 0.1) is 6.42 Å². The molecule has 0 bridgehead atoms. The normalized spacial score (nSPS) is 10.7. The van der Waals surface area contributed by atoms with E-state index < -0.39 is 5.97 Å². The van der Waals surface area contributed by atoms with Crippen LogP contribution >= 0.6 is 11.8 Å². The second kappa shape index (κ2) is 5.73. The number of benzene rings is 1. The van der Waals surface area contributed by atoms with Crippen molar-refractivity contribution >= 4 is 28.6 Å². The molecule has 0 aliphatic rings. The predicted octanol–water partition coefficient (Wildman–Crippen LogP) is 2.24. The van der Waals surface area contributed by atoms with Crippen LogP contribution in [0.4, 0.5) is 0 Å². The number of carbonyl (C=O) groups is 1. The average molecular weight is 263 g/mol. The molecule has 0 spiro atoms. The minimum atomic E-state index is -0.793. The van der Waals surface area contributed by atoms with Crippen LogP contribution in [-0.4, -0.2) is 21.8 Å². The van der Waals surface area contributed by atoms with Crippen molar-refractivity contribution in [2.75, 3.05) is 5.75 Å². The van der Waals surface area contributed by atoms with Crippen molar-refractivity contribution in [1.29, 1.82) is 0 Å². The molecule has 2 N–H and O–H groups in total. The molecule has 0 fully saturated rings. The van der Waals surface area contributed by atoms with E-state index in [0.29, 0.717) is 11.5 Å². The number of thioether (sulfide) groups is 1. The lowest BCUT2D eigenvalue weighted by atomic mass is 10.1. The summed E-state index contributed by atoms with van der Waals surface area (Å²) in [6.45, 7) is 0. The highest BCUT2D eigenvalue weighted by atomic mass is 32.2. The first kappa shape index (κ1) is 12.7. The zero-order chi connectivity index (χ0) is 13.0. The molecule has 1 aromatic carbocycles. The first-order valence-electron chi connectivity index (χ1n) is 5.57. The number of hydrogen-bond donors (Lipinski definition) is 2. The van der Waals surface area contributed by atoms with Gasteiger partial charge in [-0.3, -0.25) is 9.59 Å². The summed E-state index contributed by atoms with van der Waals surface area (Å²) < 4.78 is 0. The van der Waals surface area contributed by atoms with Gasteiger partial charge in [0.25, 0.3) is 0 Å². The Morgan fingerprint density at radius 2 is 2.11 bits per heavy atom. The number of carboxylic acid groups (broad SMARTS) is 1. The maximum Gasteiger partial charge on any atom is 0.304 e. The number of fused-ring (bicyclic) bond motifs is 1. The molecule has 1 aromatic heterocycles. The Morgan fingerprint density at radius 3 is 2.89 bits per heavy atom. The van der Waals surface area contributed by atoms with Crippen LogP contribution < -0.4 is 5.56 Å². The molecule has 0 aliphatic carbocycles. The fourth-order valence-corrected chi connectivity index (χ4v) is 2.66. The van der Waals surface area contributed by atoms with Crippen LogP contribution in [0.15, 0.2) is 35.1 Å². The van der Waals surface area contributed by atoms with E-state index in [-0.39, 0.29) is 12.0 Å². The van der Waals surface area contributed by atoms with Crippen LogP contribution in [0.1, 0.15) is 12.0 Å². The molecule has 2 rings (SSSR count). The fourth-order valence-electron chi connectivity index (χ4n) is 1.74. The number of aromatic amines is 1. The Labute approximate surface area is 108 Å². The lowest BCUT2D eigenvalue weighted by molar-refractivity contribution is -0.136. The summed E-state index contributed by atoms with van der Waals surface area (Å²) in [6.07, 6.45) is 0.145. The lowest BCUT2D eigenvalue weighted by Gasteiger charge is -2.05. The van der Waals surface area contributed by atoms with E-state index in [1.165, 1.54) is 11.8 Å². The van der Waals surface area contributed by atoms with Gasteiger partial charge in [-0.15, -0.1) is 0 Å². The molecule has 0 saturated carbocycles. The summed E-state index contributed by atoms with van der Waals surface area (Å²) in [6, 6.07) is 9.20. The summed E-state index contributed by atoms with van der Waals surface area (Å²) in [5, 5.41) is 9.57. The first-order chi connectivity index (χ1) is 8.66. The lowest BCUT2D eigenvalue weighted by Crippen LogP contribution is -2.06. The van der Waals surface area contributed by atoms with Gasteiger partial charge in [0.2, 0.25) is 5.56 Å². The van der Waals surface area contributed by atoms with E-state index in [9.17, 15) is 9.59 Å². The van der Waals surface area contributed by atoms with Crippen molar-refractivity contribution < 1.29 is 9.90 Å². The quantitative estimate of drug-likeness (QED) is 0.812. The topological polar surface area (TPSA) is 70.2 Å². The van der Waals surface area contributed by atoms with Gasteiger partial charge in [-0.25, -0.2) is 0 Å². The number of aliphatic carboxylic acids is 1. The van der Waals surface area contributed by atoms with Gasteiger partial charge in [0, 0.05) is 28.5 Å². The molecular formula is C13H13NO3S. The molecule has 0 aliphatic heterocycles. The Hall–Kier alpha value is -1.75. The van der Waals surface area contributed by atoms with Crippen LogP contribution in [0.3, 0.4) is 0 Å². The van der Waals surface area contributed by atoms with Gasteiger partial charge < -0.3 is 10.1 Å². The fraction of sp³-hybridized carbons (Fsp3) is 0.231. The maximum absolute atomic E-state index is 11.5. The SMILES string of the molecule is O=C(O)CCSCc1cc(=O)[nH]c2ccccc12. The largest absolute Gasteiger partial charge is 0.481 e. The molecule has 0 saturated heterocycles. The Bertz CT molecular complexity index is 621. The zero-order valence-corrected chi connectivity index (χ0v) is 10.5. The van der Waals surface area contributed by atoms with Gasteiger partial charge in [-0.2, -0.15) is 11.8 Å². The number of aromatic nitrogens is 1. The number of pyridine rings is 1. The summed E-state index contributed by atoms with van der Waals surface area (Å²) in [7, 11) is 0. The van der Waals surface area contributed by atoms with Crippen LogP contribution in [0, 0.1) is 0 Å². The molecule has 4 nitrogen and oxygen atoms in total. The third kappa shape index (κ3) is 3.13. The number of H-pyrrole nitrogens is 1. The van der Waals surface area contributed by atoms with Crippen molar-refractivity contribution in [1.82, 2.24) is 4.98 Å². The smallest absolute Gasteiger partial charge is 0.304 e. The Balaban J connectivity index is 2.17. The second-order valence-corrected chi connectivity index (χ2v) is 5.01. The molecule has 0 unspecified atom stereocenters. The van der Waals surface area contributed by atoms with Crippen molar-refractivity contribution in [2.24, 2.45) is 0 Å².